The summed E-state index contributed by atoms with van der Waals surface area (Å²) in [7, 11) is 3.23. The molecule has 1 radical (unpaired) electrons. The smallest absolute Gasteiger partial charge is 0.160 e. The molecule has 1 aromatic carbocycles. The van der Waals surface area contributed by atoms with E-state index in [2.05, 4.69) is 0 Å². The van der Waals surface area contributed by atoms with Crippen LogP contribution in [-0.2, 0) is 0 Å². The van der Waals surface area contributed by atoms with E-state index in [1.165, 1.54) is 0 Å². The molecule has 0 heterocycles. The minimum absolute atomic E-state index is 0.523. The van der Waals surface area contributed by atoms with Gasteiger partial charge in [-0.1, -0.05) is 6.07 Å². The van der Waals surface area contributed by atoms with E-state index < -0.39 is 0 Å². The van der Waals surface area contributed by atoms with Crippen molar-refractivity contribution in [2.75, 3.05) is 20.8 Å². The average Bonchev–Trinajstić information content (AvgIpc) is 2.18. The summed E-state index contributed by atoms with van der Waals surface area (Å²) in [6.45, 7) is 0.523. The third kappa shape index (κ3) is 2.36. The summed E-state index contributed by atoms with van der Waals surface area (Å²) in [5.41, 5.74) is 6.44. The molecule has 0 fully saturated rings. The van der Waals surface area contributed by atoms with Crippen LogP contribution >= 0.6 is 0 Å². The van der Waals surface area contributed by atoms with Gasteiger partial charge in [-0.15, -0.1) is 0 Å². The van der Waals surface area contributed by atoms with E-state index in [0.717, 1.165) is 17.1 Å². The number of ether oxygens (including phenoxy) is 2. The van der Waals surface area contributed by atoms with E-state index in [9.17, 15) is 0 Å². The number of benzene rings is 1. The Morgan fingerprint density at radius 1 is 1.23 bits per heavy atom. The van der Waals surface area contributed by atoms with Crippen molar-refractivity contribution in [3.63, 3.8) is 0 Å². The van der Waals surface area contributed by atoms with E-state index in [1.807, 2.05) is 24.6 Å². The molecule has 71 valence electrons. The lowest BCUT2D eigenvalue weighted by Crippen LogP contribution is -2.00. The van der Waals surface area contributed by atoms with E-state index in [4.69, 9.17) is 15.2 Å². The van der Waals surface area contributed by atoms with Gasteiger partial charge in [-0.05, 0) is 24.2 Å². The van der Waals surface area contributed by atoms with Gasteiger partial charge in [-0.2, -0.15) is 0 Å². The topological polar surface area (TPSA) is 44.5 Å². The maximum atomic E-state index is 5.40. The molecule has 0 aliphatic heterocycles. The molecule has 0 atom stereocenters. The van der Waals surface area contributed by atoms with Crippen molar-refractivity contribution in [1.29, 1.82) is 0 Å². The van der Waals surface area contributed by atoms with Crippen molar-refractivity contribution in [3.8, 4) is 11.5 Å². The maximum absolute atomic E-state index is 5.40. The van der Waals surface area contributed by atoms with Crippen LogP contribution in [0.15, 0.2) is 18.2 Å². The van der Waals surface area contributed by atoms with Gasteiger partial charge in [-0.3, -0.25) is 0 Å². The number of nitrogens with two attached hydrogens (primary N) is 1. The van der Waals surface area contributed by atoms with Crippen LogP contribution in [0.4, 0.5) is 0 Å². The molecule has 0 spiro atoms. The highest BCUT2D eigenvalue weighted by Crippen LogP contribution is 2.27. The molecule has 0 amide bonds. The lowest BCUT2D eigenvalue weighted by Gasteiger charge is -2.08. The third-order valence-corrected chi connectivity index (χ3v) is 1.76. The highest BCUT2D eigenvalue weighted by molar-refractivity contribution is 5.44. The van der Waals surface area contributed by atoms with E-state index in [1.54, 1.807) is 14.2 Å². The van der Waals surface area contributed by atoms with Gasteiger partial charge >= 0.3 is 0 Å². The molecular formula is C10H14NO2. The lowest BCUT2D eigenvalue weighted by molar-refractivity contribution is 0.355. The molecule has 1 rings (SSSR count). The van der Waals surface area contributed by atoms with Gasteiger partial charge in [0.25, 0.3) is 0 Å². The van der Waals surface area contributed by atoms with Gasteiger partial charge in [0.1, 0.15) is 0 Å². The molecule has 1 aromatic rings. The fraction of sp³-hybridized carbons (Fsp3) is 0.300. The second-order valence-electron chi connectivity index (χ2n) is 2.55. The van der Waals surface area contributed by atoms with Gasteiger partial charge in [0.15, 0.2) is 11.5 Å². The first-order chi connectivity index (χ1) is 6.31. The van der Waals surface area contributed by atoms with Crippen molar-refractivity contribution in [2.45, 2.75) is 0 Å². The highest BCUT2D eigenvalue weighted by Gasteiger charge is 2.03. The summed E-state index contributed by atoms with van der Waals surface area (Å²) >= 11 is 0. The molecule has 3 heteroatoms. The Morgan fingerprint density at radius 2 is 1.92 bits per heavy atom. The summed E-state index contributed by atoms with van der Waals surface area (Å²) in [6.07, 6.45) is 1.92. The van der Waals surface area contributed by atoms with Crippen LogP contribution in [0.5, 0.6) is 11.5 Å². The third-order valence-electron chi connectivity index (χ3n) is 1.76. The van der Waals surface area contributed by atoms with Crippen LogP contribution in [-0.4, -0.2) is 20.8 Å². The fourth-order valence-corrected chi connectivity index (χ4v) is 1.12. The van der Waals surface area contributed by atoms with E-state index in [0.29, 0.717) is 6.54 Å². The number of hydrogen-bond acceptors (Lipinski definition) is 3. The van der Waals surface area contributed by atoms with Crippen molar-refractivity contribution >= 4 is 0 Å². The quantitative estimate of drug-likeness (QED) is 0.757. The zero-order valence-corrected chi connectivity index (χ0v) is 7.91. The minimum atomic E-state index is 0.523. The van der Waals surface area contributed by atoms with Crippen LogP contribution in [0, 0.1) is 6.42 Å². The van der Waals surface area contributed by atoms with Gasteiger partial charge in [0.05, 0.1) is 14.2 Å². The fourth-order valence-electron chi connectivity index (χ4n) is 1.12. The Bertz CT molecular complexity index is 274. The van der Waals surface area contributed by atoms with Crippen molar-refractivity contribution in [3.05, 3.63) is 30.2 Å². The average molecular weight is 180 g/mol. The molecule has 13 heavy (non-hydrogen) atoms. The Kier molecular flexibility index (Phi) is 3.58. The first kappa shape index (κ1) is 9.86. The molecule has 0 unspecified atom stereocenters. The molecular weight excluding hydrogens is 166 g/mol. The Hall–Kier alpha value is -1.22. The van der Waals surface area contributed by atoms with Crippen LogP contribution < -0.4 is 15.2 Å². The molecule has 0 aliphatic rings. The van der Waals surface area contributed by atoms with Crippen molar-refractivity contribution in [2.24, 2.45) is 5.73 Å². The highest BCUT2D eigenvalue weighted by atomic mass is 16.5. The lowest BCUT2D eigenvalue weighted by atomic mass is 10.1. The van der Waals surface area contributed by atoms with Crippen LogP contribution in [0.2, 0.25) is 0 Å². The van der Waals surface area contributed by atoms with E-state index in [-0.39, 0.29) is 0 Å². The van der Waals surface area contributed by atoms with Crippen LogP contribution in [0.25, 0.3) is 0 Å². The molecule has 0 aliphatic carbocycles. The van der Waals surface area contributed by atoms with Gasteiger partial charge in [0.2, 0.25) is 0 Å². The van der Waals surface area contributed by atoms with Gasteiger partial charge in [-0.25, -0.2) is 0 Å². The zero-order chi connectivity index (χ0) is 9.68. The van der Waals surface area contributed by atoms with Gasteiger partial charge < -0.3 is 15.2 Å². The normalized spacial score (nSPS) is 9.77. The molecule has 3 nitrogen and oxygen atoms in total. The summed E-state index contributed by atoms with van der Waals surface area (Å²) in [5, 5.41) is 0. The summed E-state index contributed by atoms with van der Waals surface area (Å²) in [6, 6.07) is 5.69. The summed E-state index contributed by atoms with van der Waals surface area (Å²) < 4.78 is 10.2. The first-order valence-corrected chi connectivity index (χ1v) is 4.07. The van der Waals surface area contributed by atoms with Crippen LogP contribution in [0.1, 0.15) is 5.56 Å². The molecule has 2 N–H and O–H groups in total. The first-order valence-electron chi connectivity index (χ1n) is 4.07. The van der Waals surface area contributed by atoms with Crippen molar-refractivity contribution in [1.82, 2.24) is 0 Å². The number of methoxy groups -OCH3 is 2. The number of rotatable bonds is 4. The van der Waals surface area contributed by atoms with Gasteiger partial charge in [0, 0.05) is 6.42 Å². The molecule has 0 bridgehead atoms. The second kappa shape index (κ2) is 4.72. The summed E-state index contributed by atoms with van der Waals surface area (Å²) in [5.74, 6) is 1.46. The Labute approximate surface area is 78.5 Å². The largest absolute Gasteiger partial charge is 0.493 e. The van der Waals surface area contributed by atoms with E-state index >= 15 is 0 Å². The molecule has 0 aromatic heterocycles. The van der Waals surface area contributed by atoms with Crippen molar-refractivity contribution < 1.29 is 9.47 Å². The second-order valence-corrected chi connectivity index (χ2v) is 2.55. The standard InChI is InChI=1S/C10H14NO2/c1-12-9-4-3-8(5-6-11)7-10(9)13-2/h3-5,7H,6,11H2,1-2H3. The Morgan fingerprint density at radius 3 is 2.46 bits per heavy atom. The van der Waals surface area contributed by atoms with Crippen LogP contribution in [0.3, 0.4) is 0 Å². The monoisotopic (exact) mass is 180 g/mol. The predicted octanol–water partition coefficient (Wildman–Crippen LogP) is 1.21. The molecule has 0 saturated carbocycles. The molecule has 0 saturated heterocycles. The predicted molar refractivity (Wildman–Crippen MR) is 52.0 cm³/mol. The number of hydrogen-bond donors (Lipinski definition) is 1. The summed E-state index contributed by atoms with van der Waals surface area (Å²) in [4.78, 5) is 0. The minimum Gasteiger partial charge on any atom is -0.493 e. The maximum Gasteiger partial charge on any atom is 0.160 e. The Balaban J connectivity index is 2.91. The zero-order valence-electron chi connectivity index (χ0n) is 7.91. The SMILES string of the molecule is COc1ccc([CH]CN)cc1OC.